The van der Waals surface area contributed by atoms with Gasteiger partial charge in [0.1, 0.15) is 0 Å². The van der Waals surface area contributed by atoms with Crippen molar-refractivity contribution in [1.82, 2.24) is 4.31 Å². The first kappa shape index (κ1) is 14.4. The molecular weight excluding hydrogens is 336 g/mol. The van der Waals surface area contributed by atoms with E-state index in [0.29, 0.717) is 4.47 Å². The fourth-order valence-electron chi connectivity index (χ4n) is 1.84. The summed E-state index contributed by atoms with van der Waals surface area (Å²) >= 11 is 3.16. The third kappa shape index (κ3) is 2.81. The highest BCUT2D eigenvalue weighted by molar-refractivity contribution is 9.10. The zero-order valence-electron chi connectivity index (χ0n) is 9.91. The number of hydrogen-bond acceptors (Lipinski definition) is 4. The molecule has 2 rings (SSSR count). The van der Waals surface area contributed by atoms with Crippen LogP contribution in [0.2, 0.25) is 0 Å². The quantitative estimate of drug-likeness (QED) is 0.809. The largest absolute Gasteiger partial charge is 0.396 e. The molecule has 1 aliphatic heterocycles. The number of carbonyl (C=O) groups is 1. The van der Waals surface area contributed by atoms with E-state index in [1.807, 2.05) is 0 Å². The van der Waals surface area contributed by atoms with E-state index in [1.54, 1.807) is 0 Å². The molecule has 0 aliphatic carbocycles. The highest BCUT2D eigenvalue weighted by atomic mass is 79.9. The van der Waals surface area contributed by atoms with Gasteiger partial charge in [-0.1, -0.05) is 15.9 Å². The van der Waals surface area contributed by atoms with Gasteiger partial charge in [-0.2, -0.15) is 4.31 Å². The SMILES string of the molecule is NC(=O)c1cc(Br)cc(S(=O)(=O)N2CC(CO)C2)c1. The molecule has 1 amide bonds. The van der Waals surface area contributed by atoms with Crippen molar-refractivity contribution in [1.29, 1.82) is 0 Å². The molecule has 1 saturated heterocycles. The Hall–Kier alpha value is -0.960. The second-order valence-electron chi connectivity index (χ2n) is 4.41. The predicted octanol–water partition coefficient (Wildman–Crippen LogP) is 0.161. The van der Waals surface area contributed by atoms with E-state index in [1.165, 1.54) is 22.5 Å². The number of amides is 1. The zero-order valence-corrected chi connectivity index (χ0v) is 12.3. The molecule has 1 aliphatic rings. The molecule has 0 bridgehead atoms. The lowest BCUT2D eigenvalue weighted by Gasteiger charge is -2.36. The lowest BCUT2D eigenvalue weighted by atomic mass is 10.1. The first-order valence-electron chi connectivity index (χ1n) is 5.56. The number of aliphatic hydroxyl groups excluding tert-OH is 1. The first-order valence-corrected chi connectivity index (χ1v) is 7.79. The molecule has 1 heterocycles. The number of hydrogen-bond donors (Lipinski definition) is 2. The number of sulfonamides is 1. The fraction of sp³-hybridized carbons (Fsp3) is 0.364. The lowest BCUT2D eigenvalue weighted by molar-refractivity contribution is 0.1000. The molecule has 0 spiro atoms. The molecule has 1 aromatic rings. The Morgan fingerprint density at radius 3 is 2.58 bits per heavy atom. The van der Waals surface area contributed by atoms with Gasteiger partial charge in [0.25, 0.3) is 0 Å². The maximum atomic E-state index is 12.3. The van der Waals surface area contributed by atoms with Gasteiger partial charge < -0.3 is 10.8 Å². The van der Waals surface area contributed by atoms with Crippen molar-refractivity contribution < 1.29 is 18.3 Å². The van der Waals surface area contributed by atoms with E-state index in [-0.39, 0.29) is 36.1 Å². The minimum Gasteiger partial charge on any atom is -0.396 e. The second kappa shape index (κ2) is 5.20. The van der Waals surface area contributed by atoms with E-state index in [0.717, 1.165) is 0 Å². The molecule has 0 unspecified atom stereocenters. The zero-order chi connectivity index (χ0) is 14.2. The van der Waals surface area contributed by atoms with Crippen molar-refractivity contribution in [2.75, 3.05) is 19.7 Å². The Morgan fingerprint density at radius 2 is 2.05 bits per heavy atom. The van der Waals surface area contributed by atoms with Crippen LogP contribution in [-0.2, 0) is 10.0 Å². The van der Waals surface area contributed by atoms with Gasteiger partial charge in [0.15, 0.2) is 0 Å². The van der Waals surface area contributed by atoms with Crippen LogP contribution >= 0.6 is 15.9 Å². The molecule has 19 heavy (non-hydrogen) atoms. The Bertz CT molecular complexity index is 611. The van der Waals surface area contributed by atoms with E-state index in [4.69, 9.17) is 10.8 Å². The van der Waals surface area contributed by atoms with Gasteiger partial charge >= 0.3 is 0 Å². The first-order chi connectivity index (χ1) is 8.84. The van der Waals surface area contributed by atoms with Crippen LogP contribution in [0, 0.1) is 5.92 Å². The topological polar surface area (TPSA) is 101 Å². The highest BCUT2D eigenvalue weighted by Gasteiger charge is 2.36. The summed E-state index contributed by atoms with van der Waals surface area (Å²) in [4.78, 5) is 11.2. The lowest BCUT2D eigenvalue weighted by Crippen LogP contribution is -2.51. The molecule has 0 aromatic heterocycles. The summed E-state index contributed by atoms with van der Waals surface area (Å²) in [6, 6.07) is 4.15. The van der Waals surface area contributed by atoms with Crippen LogP contribution in [0.1, 0.15) is 10.4 Å². The number of benzene rings is 1. The summed E-state index contributed by atoms with van der Waals surface area (Å²) in [5.41, 5.74) is 5.29. The minimum atomic E-state index is -3.64. The molecule has 0 saturated carbocycles. The molecule has 3 N–H and O–H groups in total. The Morgan fingerprint density at radius 1 is 1.42 bits per heavy atom. The minimum absolute atomic E-state index is 0.0162. The van der Waals surface area contributed by atoms with Gasteiger partial charge in [-0.25, -0.2) is 8.42 Å². The number of aliphatic hydroxyl groups is 1. The summed E-state index contributed by atoms with van der Waals surface area (Å²) in [6.45, 7) is 0.547. The maximum absolute atomic E-state index is 12.3. The van der Waals surface area contributed by atoms with Crippen molar-refractivity contribution in [3.05, 3.63) is 28.2 Å². The van der Waals surface area contributed by atoms with Crippen LogP contribution in [-0.4, -0.2) is 43.4 Å². The number of carbonyl (C=O) groups excluding carboxylic acids is 1. The summed E-state index contributed by atoms with van der Waals surface area (Å²) < 4.78 is 26.3. The molecule has 0 atom stereocenters. The molecule has 8 heteroatoms. The van der Waals surface area contributed by atoms with E-state index in [9.17, 15) is 13.2 Å². The number of nitrogens with zero attached hydrogens (tertiary/aromatic N) is 1. The van der Waals surface area contributed by atoms with Gasteiger partial charge in [0, 0.05) is 35.7 Å². The number of primary amides is 1. The van der Waals surface area contributed by atoms with Crippen molar-refractivity contribution in [2.45, 2.75) is 4.90 Å². The number of nitrogens with two attached hydrogens (primary N) is 1. The standard InChI is InChI=1S/C11H13BrN2O4S/c12-9-1-8(11(13)16)2-10(3-9)19(17,18)14-4-7(5-14)6-15/h1-3,7,15H,4-6H2,(H2,13,16). The molecule has 6 nitrogen and oxygen atoms in total. The maximum Gasteiger partial charge on any atom is 0.248 e. The van der Waals surface area contributed by atoms with Crippen LogP contribution in [0.15, 0.2) is 27.6 Å². The van der Waals surface area contributed by atoms with Crippen molar-refractivity contribution in [3.8, 4) is 0 Å². The smallest absolute Gasteiger partial charge is 0.248 e. The summed E-state index contributed by atoms with van der Waals surface area (Å²) in [6.07, 6.45) is 0. The third-order valence-electron chi connectivity index (χ3n) is 2.98. The Kier molecular flexibility index (Phi) is 3.95. The average molecular weight is 349 g/mol. The molecule has 0 radical (unpaired) electrons. The van der Waals surface area contributed by atoms with Crippen molar-refractivity contribution in [3.63, 3.8) is 0 Å². The average Bonchev–Trinajstić information content (AvgIpc) is 2.26. The van der Waals surface area contributed by atoms with E-state index >= 15 is 0 Å². The summed E-state index contributed by atoms with van der Waals surface area (Å²) in [7, 11) is -3.64. The normalized spacial score (nSPS) is 17.2. The predicted molar refractivity (Wildman–Crippen MR) is 72.0 cm³/mol. The molecule has 1 fully saturated rings. The van der Waals surface area contributed by atoms with Crippen LogP contribution in [0.4, 0.5) is 0 Å². The van der Waals surface area contributed by atoms with Crippen molar-refractivity contribution >= 4 is 31.9 Å². The van der Waals surface area contributed by atoms with Gasteiger partial charge in [-0.05, 0) is 18.2 Å². The summed E-state index contributed by atoms with van der Waals surface area (Å²) in [5.74, 6) is -0.702. The Labute approximate surface area is 119 Å². The number of rotatable bonds is 4. The highest BCUT2D eigenvalue weighted by Crippen LogP contribution is 2.27. The Balaban J connectivity index is 2.33. The second-order valence-corrected chi connectivity index (χ2v) is 7.26. The molecule has 104 valence electrons. The molecular formula is C11H13BrN2O4S. The fourth-order valence-corrected chi connectivity index (χ4v) is 4.15. The molecule has 1 aromatic carbocycles. The van der Waals surface area contributed by atoms with E-state index < -0.39 is 15.9 Å². The van der Waals surface area contributed by atoms with Gasteiger partial charge in [-0.15, -0.1) is 0 Å². The van der Waals surface area contributed by atoms with Gasteiger partial charge in [0.05, 0.1) is 4.90 Å². The third-order valence-corrected chi connectivity index (χ3v) is 5.24. The van der Waals surface area contributed by atoms with Crippen LogP contribution in [0.25, 0.3) is 0 Å². The summed E-state index contributed by atoms with van der Waals surface area (Å²) in [5, 5.41) is 8.91. The monoisotopic (exact) mass is 348 g/mol. The van der Waals surface area contributed by atoms with E-state index in [2.05, 4.69) is 15.9 Å². The van der Waals surface area contributed by atoms with Crippen LogP contribution < -0.4 is 5.73 Å². The van der Waals surface area contributed by atoms with Gasteiger partial charge in [0.2, 0.25) is 15.9 Å². The van der Waals surface area contributed by atoms with Crippen LogP contribution in [0.3, 0.4) is 0 Å². The van der Waals surface area contributed by atoms with Gasteiger partial charge in [-0.3, -0.25) is 4.79 Å². The van der Waals surface area contributed by atoms with Crippen LogP contribution in [0.5, 0.6) is 0 Å². The van der Waals surface area contributed by atoms with Crippen molar-refractivity contribution in [2.24, 2.45) is 11.7 Å². The number of halogens is 1.